The molecule has 0 radical (unpaired) electrons. The van der Waals surface area contributed by atoms with Gasteiger partial charge in [0, 0.05) is 12.5 Å². The molecule has 1 aromatic rings. The Balaban J connectivity index is 2.60. The highest BCUT2D eigenvalue weighted by molar-refractivity contribution is 5.19. The Labute approximate surface area is 92.9 Å². The Bertz CT molecular complexity index is 318. The Morgan fingerprint density at radius 2 is 2.00 bits per heavy atom. The van der Waals surface area contributed by atoms with E-state index in [-0.39, 0.29) is 0 Å². The summed E-state index contributed by atoms with van der Waals surface area (Å²) < 4.78 is 0. The Morgan fingerprint density at radius 3 is 2.60 bits per heavy atom. The van der Waals surface area contributed by atoms with Gasteiger partial charge in [-0.15, -0.1) is 11.8 Å². The van der Waals surface area contributed by atoms with Gasteiger partial charge in [0.25, 0.3) is 0 Å². The molecule has 1 aromatic carbocycles. The molecule has 1 heteroatoms. The molecule has 1 unspecified atom stereocenters. The molecule has 1 atom stereocenters. The van der Waals surface area contributed by atoms with Crippen molar-refractivity contribution in [3.8, 4) is 11.8 Å². The third kappa shape index (κ3) is 4.18. The minimum atomic E-state index is 0.442. The predicted molar refractivity (Wildman–Crippen MR) is 65.5 cm³/mol. The summed E-state index contributed by atoms with van der Waals surface area (Å²) in [6.07, 6.45) is 2.04. The minimum absolute atomic E-state index is 0.442. The van der Waals surface area contributed by atoms with E-state index < -0.39 is 0 Å². The van der Waals surface area contributed by atoms with Crippen molar-refractivity contribution in [3.63, 3.8) is 0 Å². The van der Waals surface area contributed by atoms with E-state index in [1.807, 2.05) is 6.92 Å². The average Bonchev–Trinajstić information content (AvgIpc) is 2.29. The van der Waals surface area contributed by atoms with Gasteiger partial charge in [0.15, 0.2) is 0 Å². The van der Waals surface area contributed by atoms with Crippen molar-refractivity contribution in [2.75, 3.05) is 6.54 Å². The zero-order chi connectivity index (χ0) is 10.9. The van der Waals surface area contributed by atoms with Crippen LogP contribution in [0.15, 0.2) is 30.3 Å². The third-order valence-electron chi connectivity index (χ3n) is 2.39. The van der Waals surface area contributed by atoms with Crippen LogP contribution in [0.1, 0.15) is 38.3 Å². The first-order valence-corrected chi connectivity index (χ1v) is 5.56. The molecule has 1 rings (SSSR count). The fraction of sp³-hybridized carbons (Fsp3) is 0.429. The lowest BCUT2D eigenvalue weighted by atomic mass is 10.0. The molecule has 0 aliphatic heterocycles. The number of hydrogen-bond acceptors (Lipinski definition) is 1. The topological polar surface area (TPSA) is 12.0 Å². The summed E-state index contributed by atoms with van der Waals surface area (Å²) >= 11 is 0. The van der Waals surface area contributed by atoms with Gasteiger partial charge in [0.1, 0.15) is 0 Å². The van der Waals surface area contributed by atoms with Gasteiger partial charge in [-0.25, -0.2) is 0 Å². The second-order valence-corrected chi connectivity index (χ2v) is 3.49. The maximum Gasteiger partial charge on any atom is 0.0329 e. The van der Waals surface area contributed by atoms with Crippen molar-refractivity contribution >= 4 is 0 Å². The largest absolute Gasteiger partial charge is 0.310 e. The minimum Gasteiger partial charge on any atom is -0.310 e. The lowest BCUT2D eigenvalue weighted by Crippen LogP contribution is -2.20. The van der Waals surface area contributed by atoms with E-state index in [1.165, 1.54) is 5.56 Å². The molecular weight excluding hydrogens is 182 g/mol. The van der Waals surface area contributed by atoms with E-state index in [0.717, 1.165) is 19.4 Å². The Hall–Kier alpha value is -1.26. The van der Waals surface area contributed by atoms with Gasteiger partial charge in [-0.2, -0.15) is 0 Å². The van der Waals surface area contributed by atoms with Gasteiger partial charge in [-0.1, -0.05) is 37.3 Å². The summed E-state index contributed by atoms with van der Waals surface area (Å²) in [6.45, 7) is 5.03. The first-order valence-electron chi connectivity index (χ1n) is 5.56. The number of benzene rings is 1. The highest BCUT2D eigenvalue weighted by atomic mass is 14.9. The normalized spacial score (nSPS) is 11.6. The summed E-state index contributed by atoms with van der Waals surface area (Å²) in [5.41, 5.74) is 1.36. The third-order valence-corrected chi connectivity index (χ3v) is 2.39. The SMILES string of the molecule is CC#CCCC(NCC)c1ccccc1. The van der Waals surface area contributed by atoms with Crippen molar-refractivity contribution in [2.24, 2.45) is 0 Å². The van der Waals surface area contributed by atoms with Crippen LogP contribution in [-0.2, 0) is 0 Å². The molecule has 1 nitrogen and oxygen atoms in total. The molecule has 0 aromatic heterocycles. The van der Waals surface area contributed by atoms with Gasteiger partial charge in [-0.3, -0.25) is 0 Å². The summed E-state index contributed by atoms with van der Waals surface area (Å²) in [6, 6.07) is 11.0. The van der Waals surface area contributed by atoms with Crippen molar-refractivity contribution < 1.29 is 0 Å². The van der Waals surface area contributed by atoms with Crippen molar-refractivity contribution in [2.45, 2.75) is 32.7 Å². The molecule has 0 amide bonds. The van der Waals surface area contributed by atoms with E-state index >= 15 is 0 Å². The Morgan fingerprint density at radius 1 is 1.27 bits per heavy atom. The summed E-state index contributed by atoms with van der Waals surface area (Å²) in [7, 11) is 0. The standard InChI is InChI=1S/C14H19N/c1-3-5-7-12-14(15-4-2)13-10-8-6-9-11-13/h6,8-11,14-15H,4,7,12H2,1-2H3. The molecule has 1 N–H and O–H groups in total. The lowest BCUT2D eigenvalue weighted by Gasteiger charge is -2.16. The van der Waals surface area contributed by atoms with Gasteiger partial charge < -0.3 is 5.32 Å². The molecule has 0 heterocycles. The molecule has 0 aliphatic carbocycles. The van der Waals surface area contributed by atoms with E-state index in [2.05, 4.69) is 54.4 Å². The van der Waals surface area contributed by atoms with Crippen LogP contribution in [0, 0.1) is 11.8 Å². The van der Waals surface area contributed by atoms with Crippen molar-refractivity contribution in [1.82, 2.24) is 5.32 Å². The van der Waals surface area contributed by atoms with E-state index in [4.69, 9.17) is 0 Å². The van der Waals surface area contributed by atoms with Crippen LogP contribution in [0.2, 0.25) is 0 Å². The van der Waals surface area contributed by atoms with Crippen LogP contribution >= 0.6 is 0 Å². The van der Waals surface area contributed by atoms with Gasteiger partial charge >= 0.3 is 0 Å². The molecule has 0 aliphatic rings. The highest BCUT2D eigenvalue weighted by Crippen LogP contribution is 2.17. The van der Waals surface area contributed by atoms with E-state index in [9.17, 15) is 0 Å². The first-order chi connectivity index (χ1) is 7.38. The average molecular weight is 201 g/mol. The fourth-order valence-electron chi connectivity index (χ4n) is 1.66. The Kier molecular flexibility index (Phi) is 5.58. The van der Waals surface area contributed by atoms with Crippen LogP contribution in [0.3, 0.4) is 0 Å². The highest BCUT2D eigenvalue weighted by Gasteiger charge is 2.07. The molecule has 0 spiro atoms. The van der Waals surface area contributed by atoms with Crippen LogP contribution in [0.5, 0.6) is 0 Å². The van der Waals surface area contributed by atoms with E-state index in [0.29, 0.717) is 6.04 Å². The molecular formula is C14H19N. The van der Waals surface area contributed by atoms with Crippen LogP contribution in [-0.4, -0.2) is 6.54 Å². The maximum atomic E-state index is 3.49. The fourth-order valence-corrected chi connectivity index (χ4v) is 1.66. The van der Waals surface area contributed by atoms with Crippen LogP contribution < -0.4 is 5.32 Å². The zero-order valence-electron chi connectivity index (χ0n) is 9.59. The summed E-state index contributed by atoms with van der Waals surface area (Å²) in [4.78, 5) is 0. The number of nitrogens with one attached hydrogen (secondary N) is 1. The molecule has 0 fully saturated rings. The van der Waals surface area contributed by atoms with Gasteiger partial charge in [0.05, 0.1) is 0 Å². The summed E-state index contributed by atoms with van der Waals surface area (Å²) in [5.74, 6) is 6.06. The maximum absolute atomic E-state index is 3.49. The summed E-state index contributed by atoms with van der Waals surface area (Å²) in [5, 5.41) is 3.49. The molecule has 15 heavy (non-hydrogen) atoms. The molecule has 0 saturated carbocycles. The molecule has 0 bridgehead atoms. The van der Waals surface area contributed by atoms with Crippen molar-refractivity contribution in [3.05, 3.63) is 35.9 Å². The monoisotopic (exact) mass is 201 g/mol. The second kappa shape index (κ2) is 7.09. The lowest BCUT2D eigenvalue weighted by molar-refractivity contribution is 0.522. The first kappa shape index (κ1) is 11.8. The second-order valence-electron chi connectivity index (χ2n) is 3.49. The quantitative estimate of drug-likeness (QED) is 0.722. The van der Waals surface area contributed by atoms with Crippen LogP contribution in [0.4, 0.5) is 0 Å². The number of hydrogen-bond donors (Lipinski definition) is 1. The predicted octanol–water partition coefficient (Wildman–Crippen LogP) is 3.14. The van der Waals surface area contributed by atoms with E-state index in [1.54, 1.807) is 0 Å². The number of rotatable bonds is 5. The van der Waals surface area contributed by atoms with Crippen molar-refractivity contribution in [1.29, 1.82) is 0 Å². The molecule has 80 valence electrons. The smallest absolute Gasteiger partial charge is 0.0329 e. The van der Waals surface area contributed by atoms with Gasteiger partial charge in [-0.05, 0) is 25.5 Å². The molecule has 0 saturated heterocycles. The zero-order valence-corrected chi connectivity index (χ0v) is 9.59. The van der Waals surface area contributed by atoms with Gasteiger partial charge in [0.2, 0.25) is 0 Å². The van der Waals surface area contributed by atoms with Crippen LogP contribution in [0.25, 0.3) is 0 Å².